The minimum absolute atomic E-state index is 0.0746. The lowest BCUT2D eigenvalue weighted by Gasteiger charge is -2.11. The molecule has 0 aromatic carbocycles. The number of hydrogen-bond donors (Lipinski definition) is 1. The topological polar surface area (TPSA) is 68.5 Å². The second kappa shape index (κ2) is 3.87. The molecule has 0 saturated carbocycles. The van der Waals surface area contributed by atoms with E-state index in [9.17, 15) is 22.8 Å². The quantitative estimate of drug-likeness (QED) is 0.818. The molecule has 8 heteroatoms. The van der Waals surface area contributed by atoms with E-state index < -0.39 is 29.0 Å². The van der Waals surface area contributed by atoms with Gasteiger partial charge in [-0.25, -0.2) is 4.79 Å². The number of pyridine rings is 1. The number of carboxylic acid groups (broad SMARTS) is 1. The number of carbonyl (C=O) groups is 1. The van der Waals surface area contributed by atoms with Crippen molar-refractivity contribution in [1.29, 1.82) is 0 Å². The predicted molar refractivity (Wildman–Crippen MR) is 45.2 cm³/mol. The van der Waals surface area contributed by atoms with E-state index in [1.807, 2.05) is 0 Å². The number of aromatic nitrogens is 1. The smallest absolute Gasteiger partial charge is 0.421 e. The molecule has 1 N–H and O–H groups in total. The van der Waals surface area contributed by atoms with Crippen molar-refractivity contribution >= 4 is 5.97 Å². The van der Waals surface area contributed by atoms with Crippen LogP contribution >= 0.6 is 0 Å². The first-order valence-electron chi connectivity index (χ1n) is 3.90. The van der Waals surface area contributed by atoms with Crippen LogP contribution in [0.15, 0.2) is 16.9 Å². The minimum atomic E-state index is -4.85. The molecule has 16 heavy (non-hydrogen) atoms. The van der Waals surface area contributed by atoms with Gasteiger partial charge in [-0.1, -0.05) is 0 Å². The minimum Gasteiger partial charge on any atom is -0.476 e. The summed E-state index contributed by atoms with van der Waals surface area (Å²) >= 11 is 0. The third-order valence-corrected chi connectivity index (χ3v) is 1.75. The van der Waals surface area contributed by atoms with Gasteiger partial charge in [0.05, 0.1) is 0 Å². The largest absolute Gasteiger partial charge is 0.476 e. The fraction of sp³-hybridized carbons (Fsp3) is 0.250. The molecule has 1 aromatic heterocycles. The van der Waals surface area contributed by atoms with Crippen molar-refractivity contribution in [2.45, 2.75) is 6.18 Å². The van der Waals surface area contributed by atoms with Crippen molar-refractivity contribution in [2.24, 2.45) is 0 Å². The molecule has 5 nitrogen and oxygen atoms in total. The highest BCUT2D eigenvalue weighted by Crippen LogP contribution is 2.26. The Hall–Kier alpha value is -1.99. The number of aromatic carboxylic acids is 1. The molecule has 1 rings (SSSR count). The molecule has 0 bridgehead atoms. The molecular weight excluding hydrogens is 231 g/mol. The summed E-state index contributed by atoms with van der Waals surface area (Å²) in [7, 11) is 0.897. The van der Waals surface area contributed by atoms with Gasteiger partial charge in [0.1, 0.15) is 12.7 Å². The summed E-state index contributed by atoms with van der Waals surface area (Å²) in [4.78, 5) is 26.1. The Morgan fingerprint density at radius 2 is 2.00 bits per heavy atom. The van der Waals surface area contributed by atoms with Crippen LogP contribution in [0.4, 0.5) is 13.2 Å². The highest BCUT2D eigenvalue weighted by atomic mass is 19.4. The molecule has 1 aromatic rings. The van der Waals surface area contributed by atoms with E-state index in [0.717, 1.165) is 7.11 Å². The molecule has 0 atom stereocenters. The van der Waals surface area contributed by atoms with Crippen molar-refractivity contribution in [2.75, 3.05) is 7.11 Å². The van der Waals surface area contributed by atoms with Gasteiger partial charge in [0, 0.05) is 0 Å². The molecule has 0 saturated heterocycles. The number of carboxylic acids is 1. The molecule has 1 heterocycles. The number of hydrogen-bond acceptors (Lipinski definition) is 3. The van der Waals surface area contributed by atoms with Gasteiger partial charge in [0.25, 0.3) is 5.56 Å². The third-order valence-electron chi connectivity index (χ3n) is 1.75. The Morgan fingerprint density at radius 3 is 2.38 bits per heavy atom. The van der Waals surface area contributed by atoms with Crippen LogP contribution in [0.5, 0.6) is 0 Å². The summed E-state index contributed by atoms with van der Waals surface area (Å²) in [6, 6.07) is 1.05. The maximum absolute atomic E-state index is 12.3. The first-order chi connectivity index (χ1) is 7.29. The number of rotatable bonds is 2. The normalized spacial score (nSPS) is 11.2. The van der Waals surface area contributed by atoms with Gasteiger partial charge in [0.2, 0.25) is 0 Å². The molecule has 0 aliphatic rings. The van der Waals surface area contributed by atoms with Crippen molar-refractivity contribution in [3.8, 4) is 0 Å². The second-order valence-electron chi connectivity index (χ2n) is 2.72. The van der Waals surface area contributed by atoms with Crippen molar-refractivity contribution < 1.29 is 27.9 Å². The van der Waals surface area contributed by atoms with Crippen molar-refractivity contribution in [1.82, 2.24) is 4.73 Å². The fourth-order valence-electron chi connectivity index (χ4n) is 1.08. The van der Waals surface area contributed by atoms with E-state index in [1.54, 1.807) is 0 Å². The van der Waals surface area contributed by atoms with E-state index in [1.165, 1.54) is 0 Å². The summed E-state index contributed by atoms with van der Waals surface area (Å²) in [6.45, 7) is 0. The number of alkyl halides is 3. The lowest BCUT2D eigenvalue weighted by molar-refractivity contribution is -0.139. The Kier molecular flexibility index (Phi) is 2.92. The summed E-state index contributed by atoms with van der Waals surface area (Å²) in [5, 5.41) is 8.59. The second-order valence-corrected chi connectivity index (χ2v) is 2.72. The van der Waals surface area contributed by atoms with E-state index in [-0.39, 0.29) is 4.73 Å². The lowest BCUT2D eigenvalue weighted by atomic mass is 10.2. The Morgan fingerprint density at radius 1 is 1.44 bits per heavy atom. The van der Waals surface area contributed by atoms with E-state index >= 15 is 0 Å². The molecule has 0 aliphatic heterocycles. The Balaban J connectivity index is 3.53. The lowest BCUT2D eigenvalue weighted by Crippen LogP contribution is -2.34. The SMILES string of the molecule is COn1c(C(=O)O)ccc(C(F)(F)F)c1=O. The van der Waals surface area contributed by atoms with Crippen LogP contribution in [-0.4, -0.2) is 22.9 Å². The third kappa shape index (κ3) is 2.00. The van der Waals surface area contributed by atoms with Crippen LogP contribution in [0, 0.1) is 0 Å². The highest BCUT2D eigenvalue weighted by Gasteiger charge is 2.35. The van der Waals surface area contributed by atoms with Crippen LogP contribution < -0.4 is 10.4 Å². The van der Waals surface area contributed by atoms with Crippen LogP contribution in [0.3, 0.4) is 0 Å². The van der Waals surface area contributed by atoms with Crippen LogP contribution in [0.2, 0.25) is 0 Å². The van der Waals surface area contributed by atoms with Gasteiger partial charge in [0.15, 0.2) is 5.69 Å². The Labute approximate surface area is 86.6 Å². The molecule has 0 unspecified atom stereocenters. The molecule has 0 aliphatic carbocycles. The first-order valence-corrected chi connectivity index (χ1v) is 3.90. The fourth-order valence-corrected chi connectivity index (χ4v) is 1.08. The zero-order chi connectivity index (χ0) is 12.5. The number of nitrogens with zero attached hydrogens (tertiary/aromatic N) is 1. The zero-order valence-electron chi connectivity index (χ0n) is 7.91. The van der Waals surface area contributed by atoms with E-state index in [2.05, 4.69) is 4.84 Å². The van der Waals surface area contributed by atoms with Crippen LogP contribution in [-0.2, 0) is 6.18 Å². The molecule has 0 amide bonds. The van der Waals surface area contributed by atoms with Gasteiger partial charge in [-0.2, -0.15) is 13.2 Å². The molecular formula is C8H6F3NO4. The van der Waals surface area contributed by atoms with Gasteiger partial charge in [-0.15, -0.1) is 4.73 Å². The average Bonchev–Trinajstić information content (AvgIpc) is 2.14. The van der Waals surface area contributed by atoms with E-state index in [0.29, 0.717) is 12.1 Å². The summed E-state index contributed by atoms with van der Waals surface area (Å²) < 4.78 is 36.9. The molecule has 0 fully saturated rings. The molecule has 0 radical (unpaired) electrons. The summed E-state index contributed by atoms with van der Waals surface area (Å²) in [5.74, 6) is -1.56. The van der Waals surface area contributed by atoms with Crippen LogP contribution in [0.1, 0.15) is 16.1 Å². The maximum Gasteiger partial charge on any atom is 0.421 e. The maximum atomic E-state index is 12.3. The average molecular weight is 237 g/mol. The van der Waals surface area contributed by atoms with Gasteiger partial charge < -0.3 is 9.94 Å². The highest BCUT2D eigenvalue weighted by molar-refractivity contribution is 5.85. The first kappa shape index (κ1) is 12.1. The van der Waals surface area contributed by atoms with Crippen LogP contribution in [0.25, 0.3) is 0 Å². The van der Waals surface area contributed by atoms with E-state index in [4.69, 9.17) is 5.11 Å². The Bertz CT molecular complexity index is 477. The number of halogens is 3. The van der Waals surface area contributed by atoms with Gasteiger partial charge >= 0.3 is 12.1 Å². The molecule has 88 valence electrons. The van der Waals surface area contributed by atoms with Gasteiger partial charge in [-0.05, 0) is 12.1 Å². The van der Waals surface area contributed by atoms with Gasteiger partial charge in [-0.3, -0.25) is 4.79 Å². The monoisotopic (exact) mass is 237 g/mol. The van der Waals surface area contributed by atoms with Crippen molar-refractivity contribution in [3.63, 3.8) is 0 Å². The predicted octanol–water partition coefficient (Wildman–Crippen LogP) is 0.624. The van der Waals surface area contributed by atoms with Crippen molar-refractivity contribution in [3.05, 3.63) is 33.7 Å². The molecule has 0 spiro atoms. The summed E-state index contributed by atoms with van der Waals surface area (Å²) in [5.41, 5.74) is -3.73. The standard InChI is InChI=1S/C8H6F3NO4/c1-16-12-5(7(14)15)3-2-4(6(12)13)8(9,10)11/h2-3H,1H3,(H,14,15). The summed E-state index contributed by atoms with van der Waals surface area (Å²) in [6.07, 6.45) is -4.85. The zero-order valence-corrected chi connectivity index (χ0v) is 7.91.